The summed E-state index contributed by atoms with van der Waals surface area (Å²) in [6.07, 6.45) is 1.20. The van der Waals surface area contributed by atoms with Crippen LogP contribution in [0.1, 0.15) is 27.2 Å². The molecule has 0 aromatic heterocycles. The Labute approximate surface area is 88.8 Å². The van der Waals surface area contributed by atoms with E-state index in [4.69, 9.17) is 0 Å². The summed E-state index contributed by atoms with van der Waals surface area (Å²) in [5.74, 6) is 0.729. The molecule has 2 fully saturated rings. The zero-order valence-electron chi connectivity index (χ0n) is 9.19. The Bertz CT molecular complexity index is 244. The van der Waals surface area contributed by atoms with Crippen molar-refractivity contribution in [2.45, 2.75) is 44.5 Å². The zero-order valence-corrected chi connectivity index (χ0v) is 10.0. The lowest BCUT2D eigenvalue weighted by Gasteiger charge is -2.27. The quantitative estimate of drug-likeness (QED) is 0.738. The van der Waals surface area contributed by atoms with Crippen LogP contribution >= 0.6 is 0 Å². The number of fused-ring (bicyclic) bond motifs is 1. The van der Waals surface area contributed by atoms with Gasteiger partial charge >= 0.3 is 0 Å². The Balaban J connectivity index is 2.13. The molecule has 82 valence electrons. The van der Waals surface area contributed by atoms with Crippen molar-refractivity contribution >= 4 is 11.0 Å². The molecule has 4 unspecified atom stereocenters. The van der Waals surface area contributed by atoms with Crippen LogP contribution in [0.2, 0.25) is 0 Å². The maximum atomic E-state index is 12.1. The smallest absolute Gasteiger partial charge is 0.0974 e. The van der Waals surface area contributed by atoms with Crippen molar-refractivity contribution < 1.29 is 4.21 Å². The van der Waals surface area contributed by atoms with E-state index in [1.807, 2.05) is 13.8 Å². The van der Waals surface area contributed by atoms with Crippen LogP contribution in [0.25, 0.3) is 0 Å². The maximum Gasteiger partial charge on any atom is 0.0974 e. The van der Waals surface area contributed by atoms with E-state index in [0.29, 0.717) is 12.1 Å². The van der Waals surface area contributed by atoms with Crippen LogP contribution in [0, 0.1) is 5.92 Å². The molecule has 3 nitrogen and oxygen atoms in total. The van der Waals surface area contributed by atoms with Crippen LogP contribution in [0.3, 0.4) is 0 Å². The van der Waals surface area contributed by atoms with Crippen LogP contribution in [0.5, 0.6) is 0 Å². The van der Waals surface area contributed by atoms with Crippen LogP contribution in [0.4, 0.5) is 0 Å². The molecular formula is C10H20N2OS. The van der Waals surface area contributed by atoms with Gasteiger partial charge in [-0.15, -0.1) is 0 Å². The van der Waals surface area contributed by atoms with Crippen LogP contribution in [-0.2, 0) is 11.0 Å². The van der Waals surface area contributed by atoms with Gasteiger partial charge in [-0.05, 0) is 39.7 Å². The van der Waals surface area contributed by atoms with E-state index in [1.54, 1.807) is 0 Å². The van der Waals surface area contributed by atoms with Crippen molar-refractivity contribution in [3.8, 4) is 0 Å². The molecule has 4 atom stereocenters. The Morgan fingerprint density at radius 3 is 2.79 bits per heavy atom. The van der Waals surface area contributed by atoms with Gasteiger partial charge in [-0.25, -0.2) is 8.51 Å². The molecule has 2 saturated heterocycles. The molecule has 0 spiro atoms. The Kier molecular flexibility index (Phi) is 2.96. The van der Waals surface area contributed by atoms with E-state index >= 15 is 0 Å². The molecule has 4 heteroatoms. The molecule has 0 amide bonds. The third kappa shape index (κ3) is 1.64. The summed E-state index contributed by atoms with van der Waals surface area (Å²) in [5.41, 5.74) is 0. The second-order valence-corrected chi connectivity index (χ2v) is 6.67. The van der Waals surface area contributed by atoms with Gasteiger partial charge in [-0.1, -0.05) is 0 Å². The second kappa shape index (κ2) is 3.91. The first kappa shape index (κ1) is 10.6. The molecule has 0 aliphatic carbocycles. The molecule has 0 bridgehead atoms. The number of rotatable bonds is 2. The molecule has 1 N–H and O–H groups in total. The third-order valence-electron chi connectivity index (χ3n) is 3.32. The molecular weight excluding hydrogens is 196 g/mol. The lowest BCUT2D eigenvalue weighted by molar-refractivity contribution is 0.355. The van der Waals surface area contributed by atoms with E-state index in [9.17, 15) is 4.21 Å². The van der Waals surface area contributed by atoms with Gasteiger partial charge in [0, 0.05) is 23.9 Å². The summed E-state index contributed by atoms with van der Waals surface area (Å²) in [4.78, 5) is 0. The molecule has 0 aromatic rings. The van der Waals surface area contributed by atoms with Gasteiger partial charge in [-0.2, -0.15) is 0 Å². The summed E-state index contributed by atoms with van der Waals surface area (Å²) in [5, 5.41) is 3.64. The van der Waals surface area contributed by atoms with Crippen molar-refractivity contribution in [2.24, 2.45) is 5.92 Å². The molecule has 14 heavy (non-hydrogen) atoms. The van der Waals surface area contributed by atoms with E-state index in [0.717, 1.165) is 19.0 Å². The van der Waals surface area contributed by atoms with E-state index in [2.05, 4.69) is 16.5 Å². The van der Waals surface area contributed by atoms with Gasteiger partial charge < -0.3 is 5.32 Å². The van der Waals surface area contributed by atoms with Crippen molar-refractivity contribution in [1.29, 1.82) is 0 Å². The highest BCUT2D eigenvalue weighted by Crippen LogP contribution is 2.33. The maximum absolute atomic E-state index is 12.1. The van der Waals surface area contributed by atoms with Crippen molar-refractivity contribution in [2.75, 3.05) is 13.1 Å². The topological polar surface area (TPSA) is 32.3 Å². The fourth-order valence-corrected chi connectivity index (χ4v) is 4.12. The first-order chi connectivity index (χ1) is 6.61. The lowest BCUT2D eigenvalue weighted by atomic mass is 10.0. The zero-order chi connectivity index (χ0) is 10.3. The van der Waals surface area contributed by atoms with Crippen LogP contribution in [0.15, 0.2) is 0 Å². The van der Waals surface area contributed by atoms with Crippen LogP contribution in [-0.4, -0.2) is 38.9 Å². The molecule has 2 aliphatic rings. The highest BCUT2D eigenvalue weighted by atomic mass is 32.2. The van der Waals surface area contributed by atoms with Crippen molar-refractivity contribution in [3.63, 3.8) is 0 Å². The average Bonchev–Trinajstić information content (AvgIpc) is 2.62. The van der Waals surface area contributed by atoms with Gasteiger partial charge in [0.25, 0.3) is 0 Å². The molecule has 2 rings (SSSR count). The van der Waals surface area contributed by atoms with Crippen LogP contribution < -0.4 is 5.32 Å². The lowest BCUT2D eigenvalue weighted by Crippen LogP contribution is -2.42. The van der Waals surface area contributed by atoms with Gasteiger partial charge in [0.2, 0.25) is 0 Å². The predicted octanol–water partition coefficient (Wildman–Crippen LogP) is 0.741. The monoisotopic (exact) mass is 216 g/mol. The Hall–Kier alpha value is 0.0700. The first-order valence-corrected chi connectivity index (χ1v) is 6.68. The largest absolute Gasteiger partial charge is 0.315 e. The molecule has 0 saturated carbocycles. The molecule has 2 heterocycles. The van der Waals surface area contributed by atoms with Crippen molar-refractivity contribution in [3.05, 3.63) is 0 Å². The summed E-state index contributed by atoms with van der Waals surface area (Å²) in [7, 11) is -0.794. The van der Waals surface area contributed by atoms with Gasteiger partial charge in [0.05, 0.1) is 11.0 Å². The summed E-state index contributed by atoms with van der Waals surface area (Å²) < 4.78 is 14.3. The first-order valence-electron chi connectivity index (χ1n) is 5.51. The number of hydrogen-bond donors (Lipinski definition) is 1. The molecule has 0 radical (unpaired) electrons. The second-order valence-electron chi connectivity index (χ2n) is 4.76. The molecule has 0 aromatic carbocycles. The van der Waals surface area contributed by atoms with E-state index in [-0.39, 0.29) is 5.25 Å². The van der Waals surface area contributed by atoms with Gasteiger partial charge in [-0.3, -0.25) is 0 Å². The van der Waals surface area contributed by atoms with Gasteiger partial charge in [0.1, 0.15) is 0 Å². The standard InChI is InChI=1S/C10H20N2OS/c1-7(2)14(13)12-8(3)4-9-5-11-6-10(9)12/h7-11H,4-6H2,1-3H3. The minimum absolute atomic E-state index is 0.247. The Morgan fingerprint density at radius 2 is 2.14 bits per heavy atom. The number of nitrogens with zero attached hydrogens (tertiary/aromatic N) is 1. The van der Waals surface area contributed by atoms with E-state index in [1.165, 1.54) is 6.42 Å². The minimum atomic E-state index is -0.794. The fourth-order valence-electron chi connectivity index (χ4n) is 2.68. The molecule has 2 aliphatic heterocycles. The Morgan fingerprint density at radius 1 is 1.43 bits per heavy atom. The van der Waals surface area contributed by atoms with Crippen molar-refractivity contribution in [1.82, 2.24) is 9.62 Å². The fraction of sp³-hybridized carbons (Fsp3) is 1.00. The highest BCUT2D eigenvalue weighted by molar-refractivity contribution is 7.83. The van der Waals surface area contributed by atoms with E-state index < -0.39 is 11.0 Å². The summed E-state index contributed by atoms with van der Waals surface area (Å²) in [6.45, 7) is 8.42. The third-order valence-corrected chi connectivity index (χ3v) is 5.17. The summed E-state index contributed by atoms with van der Waals surface area (Å²) in [6, 6.07) is 1.02. The number of nitrogens with one attached hydrogen (secondary N) is 1. The highest BCUT2D eigenvalue weighted by Gasteiger charge is 2.44. The average molecular weight is 216 g/mol. The number of hydrogen-bond acceptors (Lipinski definition) is 2. The summed E-state index contributed by atoms with van der Waals surface area (Å²) >= 11 is 0. The predicted molar refractivity (Wildman–Crippen MR) is 59.3 cm³/mol. The van der Waals surface area contributed by atoms with Gasteiger partial charge in [0.15, 0.2) is 0 Å². The SMILES string of the molecule is CC1CC2CNCC2N1S(=O)C(C)C. The minimum Gasteiger partial charge on any atom is -0.315 e. The normalized spacial score (nSPS) is 40.4.